The van der Waals surface area contributed by atoms with Crippen LogP contribution in [0.1, 0.15) is 50.9 Å². The Bertz CT molecular complexity index is 1200. The molecule has 0 aliphatic carbocycles. The topological polar surface area (TPSA) is 97.2 Å². The number of fused-ring (bicyclic) bond motifs is 1. The first-order chi connectivity index (χ1) is 13.7. The number of halogens is 3. The molecular formula is C20H19Cl3N2O4S. The van der Waals surface area contributed by atoms with Crippen molar-refractivity contribution in [3.05, 3.63) is 56.5 Å². The number of sulfone groups is 1. The molecule has 160 valence electrons. The van der Waals surface area contributed by atoms with Crippen LogP contribution in [0, 0.1) is 5.41 Å². The van der Waals surface area contributed by atoms with Gasteiger partial charge in [0.15, 0.2) is 9.84 Å². The second-order valence-electron chi connectivity index (χ2n) is 8.17. The maximum Gasteiger partial charge on any atom is 0.309 e. The van der Waals surface area contributed by atoms with Crippen LogP contribution in [-0.2, 0) is 19.4 Å². The molecule has 3 heterocycles. The number of pyridine rings is 2. The molecule has 0 saturated carbocycles. The first-order valence-corrected chi connectivity index (χ1v) is 11.5. The number of aliphatic carboxylic acids is 1. The summed E-state index contributed by atoms with van der Waals surface area (Å²) in [5, 5.41) is 9.44. The first-order valence-electron chi connectivity index (χ1n) is 8.90. The molecule has 0 saturated heterocycles. The van der Waals surface area contributed by atoms with Gasteiger partial charge in [-0.1, -0.05) is 40.9 Å². The third-order valence-electron chi connectivity index (χ3n) is 5.31. The lowest BCUT2D eigenvalue weighted by Gasteiger charge is -2.36. The van der Waals surface area contributed by atoms with E-state index in [1.165, 1.54) is 26.2 Å². The SMILES string of the molecule is CC(C)(CC1=C(c2c(Cl)cnc(Cl)c2Cl)S(=O)(=O)C(C)(C)c2cccnc21)C(=O)O. The van der Waals surface area contributed by atoms with E-state index < -0.39 is 26.0 Å². The molecule has 2 aromatic heterocycles. The second kappa shape index (κ2) is 7.48. The van der Waals surface area contributed by atoms with Gasteiger partial charge in [0.25, 0.3) is 0 Å². The van der Waals surface area contributed by atoms with Crippen LogP contribution in [-0.4, -0.2) is 29.5 Å². The highest BCUT2D eigenvalue weighted by Crippen LogP contribution is 2.53. The predicted octanol–water partition coefficient (Wildman–Crippen LogP) is 5.47. The molecule has 1 aliphatic heterocycles. The summed E-state index contributed by atoms with van der Waals surface area (Å²) in [6, 6.07) is 3.32. The number of nitrogens with zero attached hydrogens (tertiary/aromatic N) is 2. The summed E-state index contributed by atoms with van der Waals surface area (Å²) in [5.41, 5.74) is -0.205. The highest BCUT2D eigenvalue weighted by atomic mass is 35.5. The van der Waals surface area contributed by atoms with Crippen molar-refractivity contribution in [2.24, 2.45) is 5.41 Å². The largest absolute Gasteiger partial charge is 0.481 e. The van der Waals surface area contributed by atoms with E-state index in [1.807, 2.05) is 0 Å². The molecule has 10 heteroatoms. The minimum absolute atomic E-state index is 0.00102. The number of carboxylic acid groups (broad SMARTS) is 1. The third-order valence-corrected chi connectivity index (χ3v) is 8.90. The normalized spacial score (nSPS) is 17.6. The molecule has 0 aromatic carbocycles. The standard InChI is InChI=1S/C20H19Cl3N2O4S/c1-19(2,18(26)27)8-10-15-11(6-5-7-24-15)20(3,4)30(28,29)16(10)13-12(21)9-25-17(23)14(13)22/h5-7,9H,8H2,1-4H3,(H,26,27). The van der Waals surface area contributed by atoms with Crippen LogP contribution in [0.2, 0.25) is 15.2 Å². The molecule has 1 N–H and O–H groups in total. The van der Waals surface area contributed by atoms with Gasteiger partial charge >= 0.3 is 5.97 Å². The molecule has 0 atom stereocenters. The van der Waals surface area contributed by atoms with Crippen LogP contribution in [0.3, 0.4) is 0 Å². The molecule has 1 aliphatic rings. The summed E-state index contributed by atoms with van der Waals surface area (Å²) < 4.78 is 26.4. The van der Waals surface area contributed by atoms with Crippen molar-refractivity contribution in [1.82, 2.24) is 9.97 Å². The molecule has 0 radical (unpaired) electrons. The quantitative estimate of drug-likeness (QED) is 0.572. The predicted molar refractivity (Wildman–Crippen MR) is 118 cm³/mol. The van der Waals surface area contributed by atoms with E-state index in [2.05, 4.69) is 9.97 Å². The molecule has 0 bridgehead atoms. The van der Waals surface area contributed by atoms with Crippen molar-refractivity contribution in [3.63, 3.8) is 0 Å². The lowest BCUT2D eigenvalue weighted by molar-refractivity contribution is -0.146. The molecule has 0 unspecified atom stereocenters. The lowest BCUT2D eigenvalue weighted by atomic mass is 9.81. The fourth-order valence-corrected chi connectivity index (χ4v) is 6.14. The molecule has 0 fully saturated rings. The summed E-state index contributed by atoms with van der Waals surface area (Å²) in [5.74, 6) is -1.08. The van der Waals surface area contributed by atoms with Gasteiger partial charge in [0.1, 0.15) is 5.15 Å². The second-order valence-corrected chi connectivity index (χ2v) is 11.8. The number of rotatable bonds is 4. The number of carbonyl (C=O) groups is 1. The van der Waals surface area contributed by atoms with Gasteiger partial charge in [0.2, 0.25) is 0 Å². The Hall–Kier alpha value is -1.67. The average Bonchev–Trinajstić information content (AvgIpc) is 2.65. The zero-order valence-corrected chi connectivity index (χ0v) is 19.7. The van der Waals surface area contributed by atoms with Crippen molar-refractivity contribution >= 4 is 61.1 Å². The van der Waals surface area contributed by atoms with Gasteiger partial charge in [0, 0.05) is 18.0 Å². The van der Waals surface area contributed by atoms with Crippen LogP contribution in [0.5, 0.6) is 0 Å². The smallest absolute Gasteiger partial charge is 0.309 e. The van der Waals surface area contributed by atoms with E-state index in [4.69, 9.17) is 34.8 Å². The van der Waals surface area contributed by atoms with Gasteiger partial charge < -0.3 is 5.11 Å². The number of hydrogen-bond donors (Lipinski definition) is 1. The van der Waals surface area contributed by atoms with E-state index >= 15 is 0 Å². The molecular weight excluding hydrogens is 471 g/mol. The lowest BCUT2D eigenvalue weighted by Crippen LogP contribution is -2.36. The van der Waals surface area contributed by atoms with Gasteiger partial charge in [-0.05, 0) is 51.3 Å². The van der Waals surface area contributed by atoms with Crippen molar-refractivity contribution in [3.8, 4) is 0 Å². The van der Waals surface area contributed by atoms with Gasteiger partial charge in [-0.2, -0.15) is 0 Å². The van der Waals surface area contributed by atoms with Crippen molar-refractivity contribution in [2.45, 2.75) is 38.9 Å². The number of allylic oxidation sites excluding steroid dienone is 1. The summed E-state index contributed by atoms with van der Waals surface area (Å²) in [6.07, 6.45) is 2.62. The van der Waals surface area contributed by atoms with Gasteiger partial charge in [-0.25, -0.2) is 13.4 Å². The fraction of sp³-hybridized carbons (Fsp3) is 0.350. The van der Waals surface area contributed by atoms with Crippen LogP contribution < -0.4 is 0 Å². The van der Waals surface area contributed by atoms with Crippen LogP contribution >= 0.6 is 34.8 Å². The zero-order chi connectivity index (χ0) is 22.6. The van der Waals surface area contributed by atoms with Crippen LogP contribution in [0.15, 0.2) is 24.5 Å². The Morgan fingerprint density at radius 3 is 2.43 bits per heavy atom. The van der Waals surface area contributed by atoms with Gasteiger partial charge in [0.05, 0.1) is 30.8 Å². The van der Waals surface area contributed by atoms with E-state index in [1.54, 1.807) is 26.0 Å². The summed E-state index contributed by atoms with van der Waals surface area (Å²) >= 11 is 18.8. The van der Waals surface area contributed by atoms with Gasteiger partial charge in [-0.15, -0.1) is 0 Å². The van der Waals surface area contributed by atoms with E-state index in [9.17, 15) is 18.3 Å². The van der Waals surface area contributed by atoms with Gasteiger partial charge in [-0.3, -0.25) is 9.78 Å². The Labute approximate surface area is 189 Å². The van der Waals surface area contributed by atoms with Crippen LogP contribution in [0.25, 0.3) is 10.5 Å². The molecule has 6 nitrogen and oxygen atoms in total. The van der Waals surface area contributed by atoms with E-state index in [0.717, 1.165) is 0 Å². The molecule has 0 amide bonds. The maximum atomic E-state index is 13.9. The Morgan fingerprint density at radius 2 is 1.83 bits per heavy atom. The van der Waals surface area contributed by atoms with Crippen molar-refractivity contribution in [2.75, 3.05) is 0 Å². The summed E-state index contributed by atoms with van der Waals surface area (Å²) in [4.78, 5) is 20.0. The van der Waals surface area contributed by atoms with Crippen molar-refractivity contribution < 1.29 is 18.3 Å². The number of hydrogen-bond acceptors (Lipinski definition) is 5. The number of aromatic nitrogens is 2. The first kappa shape index (κ1) is 23.0. The van der Waals surface area contributed by atoms with E-state index in [0.29, 0.717) is 11.3 Å². The Balaban J connectivity index is 2.55. The van der Waals surface area contributed by atoms with Crippen molar-refractivity contribution in [1.29, 1.82) is 0 Å². The number of carboxylic acids is 1. The minimum atomic E-state index is -4.09. The minimum Gasteiger partial charge on any atom is -0.481 e. The average molecular weight is 490 g/mol. The fourth-order valence-electron chi connectivity index (χ4n) is 3.42. The third kappa shape index (κ3) is 3.42. The summed E-state index contributed by atoms with van der Waals surface area (Å²) in [7, 11) is -4.09. The van der Waals surface area contributed by atoms with E-state index in [-0.39, 0.29) is 37.7 Å². The Morgan fingerprint density at radius 1 is 1.20 bits per heavy atom. The molecule has 3 rings (SSSR count). The molecule has 2 aromatic rings. The molecule has 0 spiro atoms. The highest BCUT2D eigenvalue weighted by Gasteiger charge is 2.49. The van der Waals surface area contributed by atoms with Crippen LogP contribution in [0.4, 0.5) is 0 Å². The molecule has 30 heavy (non-hydrogen) atoms. The maximum absolute atomic E-state index is 13.9. The highest BCUT2D eigenvalue weighted by molar-refractivity contribution is 8.01. The Kier molecular flexibility index (Phi) is 5.74. The monoisotopic (exact) mass is 488 g/mol. The zero-order valence-electron chi connectivity index (χ0n) is 16.6. The summed E-state index contributed by atoms with van der Waals surface area (Å²) in [6.45, 7) is 6.15.